The van der Waals surface area contributed by atoms with Gasteiger partial charge < -0.3 is 15.0 Å². The molecule has 0 saturated carbocycles. The van der Waals surface area contributed by atoms with Gasteiger partial charge in [-0.3, -0.25) is 13.9 Å². The van der Waals surface area contributed by atoms with Crippen molar-refractivity contribution in [2.75, 3.05) is 48.7 Å². The summed E-state index contributed by atoms with van der Waals surface area (Å²) < 4.78 is 31.7. The zero-order valence-corrected chi connectivity index (χ0v) is 18.8. The molecule has 30 heavy (non-hydrogen) atoms. The molecule has 1 aliphatic heterocycles. The maximum atomic E-state index is 12.6. The van der Waals surface area contributed by atoms with Gasteiger partial charge >= 0.3 is 0 Å². The minimum Gasteiger partial charge on any atom is -0.378 e. The third-order valence-electron chi connectivity index (χ3n) is 4.52. The molecule has 0 unspecified atom stereocenters. The number of carbonyl (C=O) groups excluding carboxylic acids is 2. The zero-order valence-electron chi connectivity index (χ0n) is 16.4. The summed E-state index contributed by atoms with van der Waals surface area (Å²) in [5.74, 6) is -0.611. The Bertz CT molecular complexity index is 1000. The molecule has 160 valence electrons. The zero-order chi connectivity index (χ0) is 21.7. The molecule has 1 N–H and O–H groups in total. The number of morpholine rings is 1. The SMILES string of the molecule is CS(=O)(=O)N(CC(=O)Nc1ccc(Br)cc1)c1ccc(C(=O)N2CCOCC2)cc1. The van der Waals surface area contributed by atoms with Crippen molar-refractivity contribution in [1.82, 2.24) is 4.90 Å². The van der Waals surface area contributed by atoms with Crippen molar-refractivity contribution in [2.24, 2.45) is 0 Å². The van der Waals surface area contributed by atoms with Crippen LogP contribution in [0.3, 0.4) is 0 Å². The summed E-state index contributed by atoms with van der Waals surface area (Å²) in [6.45, 7) is 1.66. The Morgan fingerprint density at radius 1 is 1.07 bits per heavy atom. The first-order chi connectivity index (χ1) is 14.2. The third-order valence-corrected chi connectivity index (χ3v) is 6.19. The molecule has 8 nitrogen and oxygen atoms in total. The number of hydrogen-bond donors (Lipinski definition) is 1. The van der Waals surface area contributed by atoms with Gasteiger partial charge in [-0.2, -0.15) is 0 Å². The topological polar surface area (TPSA) is 96.0 Å². The molecular formula is C20H22BrN3O5S. The fourth-order valence-corrected chi connectivity index (χ4v) is 4.10. The fraction of sp³-hybridized carbons (Fsp3) is 0.300. The van der Waals surface area contributed by atoms with Crippen LogP contribution in [-0.4, -0.2) is 64.2 Å². The monoisotopic (exact) mass is 495 g/mol. The third kappa shape index (κ3) is 5.80. The first-order valence-corrected chi connectivity index (χ1v) is 11.9. The van der Waals surface area contributed by atoms with Crippen LogP contribution in [0.2, 0.25) is 0 Å². The Morgan fingerprint density at radius 2 is 1.67 bits per heavy atom. The Morgan fingerprint density at radius 3 is 2.23 bits per heavy atom. The number of carbonyl (C=O) groups is 2. The van der Waals surface area contributed by atoms with Crippen molar-refractivity contribution in [1.29, 1.82) is 0 Å². The highest BCUT2D eigenvalue weighted by atomic mass is 79.9. The van der Waals surface area contributed by atoms with E-state index < -0.39 is 15.9 Å². The molecule has 1 fully saturated rings. The first kappa shape index (κ1) is 22.3. The molecule has 0 aliphatic carbocycles. The van der Waals surface area contributed by atoms with E-state index in [9.17, 15) is 18.0 Å². The quantitative estimate of drug-likeness (QED) is 0.663. The number of nitrogens with zero attached hydrogens (tertiary/aromatic N) is 2. The molecule has 1 heterocycles. The van der Waals surface area contributed by atoms with Gasteiger partial charge in [0.05, 0.1) is 25.2 Å². The van der Waals surface area contributed by atoms with Crippen LogP contribution < -0.4 is 9.62 Å². The predicted octanol–water partition coefficient (Wildman–Crippen LogP) is 2.33. The molecule has 2 aromatic rings. The number of ether oxygens (including phenoxy) is 1. The molecule has 2 amide bonds. The van der Waals surface area contributed by atoms with E-state index >= 15 is 0 Å². The second-order valence-electron chi connectivity index (χ2n) is 6.78. The number of amides is 2. The highest BCUT2D eigenvalue weighted by Gasteiger charge is 2.23. The van der Waals surface area contributed by atoms with E-state index in [4.69, 9.17) is 4.74 Å². The Labute approximate surface area is 184 Å². The molecular weight excluding hydrogens is 474 g/mol. The Balaban J connectivity index is 1.72. The highest BCUT2D eigenvalue weighted by Crippen LogP contribution is 2.20. The lowest BCUT2D eigenvalue weighted by atomic mass is 10.1. The summed E-state index contributed by atoms with van der Waals surface area (Å²) in [4.78, 5) is 26.7. The van der Waals surface area contributed by atoms with Crippen molar-refractivity contribution in [3.8, 4) is 0 Å². The van der Waals surface area contributed by atoms with Crippen molar-refractivity contribution < 1.29 is 22.7 Å². The molecule has 0 atom stereocenters. The van der Waals surface area contributed by atoms with Crippen LogP contribution in [0.1, 0.15) is 10.4 Å². The predicted molar refractivity (Wildman–Crippen MR) is 118 cm³/mol. The van der Waals surface area contributed by atoms with E-state index in [2.05, 4.69) is 21.2 Å². The van der Waals surface area contributed by atoms with Crippen LogP contribution >= 0.6 is 15.9 Å². The van der Waals surface area contributed by atoms with E-state index in [1.165, 1.54) is 12.1 Å². The number of nitrogens with one attached hydrogen (secondary N) is 1. The van der Waals surface area contributed by atoms with E-state index in [1.54, 1.807) is 41.3 Å². The molecule has 1 aliphatic rings. The second-order valence-corrected chi connectivity index (χ2v) is 9.60. The highest BCUT2D eigenvalue weighted by molar-refractivity contribution is 9.10. The Hall–Kier alpha value is -2.43. The minimum atomic E-state index is -3.71. The lowest BCUT2D eigenvalue weighted by Gasteiger charge is -2.27. The molecule has 0 aromatic heterocycles. The summed E-state index contributed by atoms with van der Waals surface area (Å²) in [6, 6.07) is 13.2. The van der Waals surface area contributed by atoms with Crippen LogP contribution in [0.5, 0.6) is 0 Å². The summed E-state index contributed by atoms with van der Waals surface area (Å²) in [5.41, 5.74) is 1.32. The van der Waals surface area contributed by atoms with E-state index in [0.29, 0.717) is 43.2 Å². The second kappa shape index (κ2) is 9.59. The van der Waals surface area contributed by atoms with Gasteiger partial charge in [0.15, 0.2) is 0 Å². The first-order valence-electron chi connectivity index (χ1n) is 9.24. The van der Waals surface area contributed by atoms with Gasteiger partial charge in [0.25, 0.3) is 5.91 Å². The van der Waals surface area contributed by atoms with Crippen LogP contribution in [0.25, 0.3) is 0 Å². The largest absolute Gasteiger partial charge is 0.378 e. The summed E-state index contributed by atoms with van der Waals surface area (Å²) in [7, 11) is -3.71. The van der Waals surface area contributed by atoms with Gasteiger partial charge in [0, 0.05) is 28.8 Å². The van der Waals surface area contributed by atoms with Crippen LogP contribution in [-0.2, 0) is 19.6 Å². The molecule has 10 heteroatoms. The minimum absolute atomic E-state index is 0.135. The van der Waals surface area contributed by atoms with E-state index in [0.717, 1.165) is 15.0 Å². The number of sulfonamides is 1. The number of rotatable bonds is 6. The van der Waals surface area contributed by atoms with Gasteiger partial charge in [0.1, 0.15) is 6.54 Å². The average molecular weight is 496 g/mol. The van der Waals surface area contributed by atoms with Gasteiger partial charge in [-0.25, -0.2) is 8.42 Å². The van der Waals surface area contributed by atoms with Gasteiger partial charge in [-0.05, 0) is 48.5 Å². The molecule has 1 saturated heterocycles. The van der Waals surface area contributed by atoms with Crippen LogP contribution in [0.15, 0.2) is 53.0 Å². The van der Waals surface area contributed by atoms with Crippen molar-refractivity contribution in [2.45, 2.75) is 0 Å². The lowest BCUT2D eigenvalue weighted by Crippen LogP contribution is -2.40. The Kier molecular flexibility index (Phi) is 7.11. The maximum Gasteiger partial charge on any atom is 0.254 e. The molecule has 0 spiro atoms. The number of benzene rings is 2. The lowest BCUT2D eigenvalue weighted by molar-refractivity contribution is -0.114. The normalized spacial score (nSPS) is 14.3. The van der Waals surface area contributed by atoms with Crippen molar-refractivity contribution in [3.63, 3.8) is 0 Å². The summed E-state index contributed by atoms with van der Waals surface area (Å²) in [6.07, 6.45) is 1.03. The number of hydrogen-bond acceptors (Lipinski definition) is 5. The number of halogens is 1. The van der Waals surface area contributed by atoms with E-state index in [-0.39, 0.29) is 12.5 Å². The van der Waals surface area contributed by atoms with Crippen molar-refractivity contribution >= 4 is 49.1 Å². The molecule has 0 bridgehead atoms. The van der Waals surface area contributed by atoms with Gasteiger partial charge in [-0.1, -0.05) is 15.9 Å². The smallest absolute Gasteiger partial charge is 0.254 e. The molecule has 2 aromatic carbocycles. The fourth-order valence-electron chi connectivity index (χ4n) is 2.98. The summed E-state index contributed by atoms with van der Waals surface area (Å²) in [5, 5.41) is 2.68. The van der Waals surface area contributed by atoms with E-state index in [1.807, 2.05) is 0 Å². The molecule has 3 rings (SSSR count). The van der Waals surface area contributed by atoms with Gasteiger partial charge in [0.2, 0.25) is 15.9 Å². The van der Waals surface area contributed by atoms with Crippen molar-refractivity contribution in [3.05, 3.63) is 58.6 Å². The standard InChI is InChI=1S/C20H22BrN3O5S/c1-30(27,28)24(14-19(25)22-17-6-4-16(21)5-7-17)18-8-2-15(3-9-18)20(26)23-10-12-29-13-11-23/h2-9H,10-14H2,1H3,(H,22,25). The van der Waals surface area contributed by atoms with Crippen LogP contribution in [0, 0.1) is 0 Å². The maximum absolute atomic E-state index is 12.6. The van der Waals surface area contributed by atoms with Crippen LogP contribution in [0.4, 0.5) is 11.4 Å². The van der Waals surface area contributed by atoms with Gasteiger partial charge in [-0.15, -0.1) is 0 Å². The number of anilines is 2. The summed E-state index contributed by atoms with van der Waals surface area (Å²) >= 11 is 3.32. The molecule has 0 radical (unpaired) electrons. The average Bonchev–Trinajstić information content (AvgIpc) is 2.73.